The maximum Gasteiger partial charge on any atom is 0.228 e. The third-order valence-electron chi connectivity index (χ3n) is 5.92. The standard InChI is InChI=1S/C27H27ClN2O2/c1-19-9-11-20(12-10-19)17-30-15-5-8-22(18-30)27(32)29-25-14-13-23(28)16-24(25)26(31)21-6-3-2-4-7-21/h2-4,6-7,9-14,16,22H,5,8,15,17-18H2,1H3,(H,29,32). The first kappa shape index (κ1) is 22.3. The Morgan fingerprint density at radius 3 is 2.53 bits per heavy atom. The number of hydrogen-bond donors (Lipinski definition) is 1. The van der Waals surface area contributed by atoms with E-state index in [0.717, 1.165) is 25.9 Å². The van der Waals surface area contributed by atoms with Crippen LogP contribution in [0.3, 0.4) is 0 Å². The first-order valence-corrected chi connectivity index (χ1v) is 11.4. The second kappa shape index (κ2) is 10.1. The van der Waals surface area contributed by atoms with E-state index in [4.69, 9.17) is 11.6 Å². The quantitative estimate of drug-likeness (QED) is 0.492. The lowest BCUT2D eigenvalue weighted by molar-refractivity contribution is -0.121. The van der Waals surface area contributed by atoms with Crippen molar-refractivity contribution in [1.29, 1.82) is 0 Å². The molecule has 5 heteroatoms. The molecule has 3 aromatic rings. The monoisotopic (exact) mass is 446 g/mol. The summed E-state index contributed by atoms with van der Waals surface area (Å²) in [5.74, 6) is -0.333. The van der Waals surface area contributed by atoms with Crippen LogP contribution in [0.5, 0.6) is 0 Å². The Morgan fingerprint density at radius 1 is 1.03 bits per heavy atom. The second-order valence-electron chi connectivity index (χ2n) is 8.43. The number of rotatable bonds is 6. The summed E-state index contributed by atoms with van der Waals surface area (Å²) in [5, 5.41) is 3.47. The van der Waals surface area contributed by atoms with Crippen LogP contribution in [0, 0.1) is 12.8 Å². The van der Waals surface area contributed by atoms with Gasteiger partial charge in [-0.2, -0.15) is 0 Å². The molecule has 0 saturated carbocycles. The predicted molar refractivity (Wildman–Crippen MR) is 129 cm³/mol. The number of aryl methyl sites for hydroxylation is 1. The third-order valence-corrected chi connectivity index (χ3v) is 6.16. The molecule has 0 bridgehead atoms. The van der Waals surface area contributed by atoms with Crippen molar-refractivity contribution in [3.63, 3.8) is 0 Å². The van der Waals surface area contributed by atoms with E-state index < -0.39 is 0 Å². The summed E-state index contributed by atoms with van der Waals surface area (Å²) in [6.45, 7) is 4.60. The van der Waals surface area contributed by atoms with Gasteiger partial charge in [-0.05, 0) is 50.1 Å². The van der Waals surface area contributed by atoms with Gasteiger partial charge in [-0.3, -0.25) is 14.5 Å². The van der Waals surface area contributed by atoms with Gasteiger partial charge in [0.2, 0.25) is 5.91 Å². The number of piperidine rings is 1. The van der Waals surface area contributed by atoms with E-state index in [-0.39, 0.29) is 17.6 Å². The highest BCUT2D eigenvalue weighted by atomic mass is 35.5. The molecule has 0 aromatic heterocycles. The van der Waals surface area contributed by atoms with Crippen LogP contribution >= 0.6 is 11.6 Å². The number of nitrogens with zero attached hydrogens (tertiary/aromatic N) is 1. The number of ketones is 1. The van der Waals surface area contributed by atoms with Gasteiger partial charge in [0.15, 0.2) is 5.78 Å². The molecule has 1 atom stereocenters. The zero-order valence-electron chi connectivity index (χ0n) is 18.2. The summed E-state index contributed by atoms with van der Waals surface area (Å²) < 4.78 is 0. The zero-order chi connectivity index (χ0) is 22.5. The van der Waals surface area contributed by atoms with Gasteiger partial charge in [-0.1, -0.05) is 71.8 Å². The maximum atomic E-state index is 13.1. The topological polar surface area (TPSA) is 49.4 Å². The van der Waals surface area contributed by atoms with Crippen LogP contribution < -0.4 is 5.32 Å². The number of carbonyl (C=O) groups is 2. The molecular formula is C27H27ClN2O2. The molecule has 164 valence electrons. The van der Waals surface area contributed by atoms with Crippen LogP contribution in [0.1, 0.15) is 39.9 Å². The predicted octanol–water partition coefficient (Wildman–Crippen LogP) is 5.73. The normalized spacial score (nSPS) is 16.5. The molecule has 1 fully saturated rings. The number of anilines is 1. The molecule has 1 unspecified atom stereocenters. The molecule has 1 N–H and O–H groups in total. The molecule has 32 heavy (non-hydrogen) atoms. The average molecular weight is 447 g/mol. The molecule has 0 aliphatic carbocycles. The lowest BCUT2D eigenvalue weighted by Crippen LogP contribution is -2.40. The molecule has 0 radical (unpaired) electrons. The fourth-order valence-corrected chi connectivity index (χ4v) is 4.33. The van der Waals surface area contributed by atoms with E-state index in [0.29, 0.717) is 28.4 Å². The molecule has 3 aromatic carbocycles. The van der Waals surface area contributed by atoms with E-state index in [9.17, 15) is 9.59 Å². The second-order valence-corrected chi connectivity index (χ2v) is 8.87. The Bertz CT molecular complexity index is 1100. The number of hydrogen-bond acceptors (Lipinski definition) is 3. The molecule has 1 aliphatic heterocycles. The van der Waals surface area contributed by atoms with Crippen molar-refractivity contribution in [1.82, 2.24) is 4.90 Å². The minimum Gasteiger partial charge on any atom is -0.325 e. The molecule has 4 rings (SSSR count). The number of likely N-dealkylation sites (tertiary alicyclic amines) is 1. The molecule has 1 heterocycles. The fraction of sp³-hybridized carbons (Fsp3) is 0.259. The largest absolute Gasteiger partial charge is 0.325 e. The van der Waals surface area contributed by atoms with Gasteiger partial charge in [0.05, 0.1) is 11.6 Å². The van der Waals surface area contributed by atoms with Crippen LogP contribution in [-0.2, 0) is 11.3 Å². The third kappa shape index (κ3) is 5.45. The molecule has 1 aliphatic rings. The number of benzene rings is 3. The maximum absolute atomic E-state index is 13.1. The average Bonchev–Trinajstić information content (AvgIpc) is 2.82. The minimum atomic E-state index is -0.159. The Hall–Kier alpha value is -2.95. The van der Waals surface area contributed by atoms with Crippen molar-refractivity contribution in [3.8, 4) is 0 Å². The Kier molecular flexibility index (Phi) is 7.03. The highest BCUT2D eigenvalue weighted by molar-refractivity contribution is 6.31. The summed E-state index contributed by atoms with van der Waals surface area (Å²) in [7, 11) is 0. The molecule has 0 spiro atoms. The van der Waals surface area contributed by atoms with Crippen molar-refractivity contribution in [3.05, 3.63) is 100 Å². The van der Waals surface area contributed by atoms with Gasteiger partial charge < -0.3 is 5.32 Å². The van der Waals surface area contributed by atoms with Crippen molar-refractivity contribution < 1.29 is 9.59 Å². The van der Waals surface area contributed by atoms with Crippen molar-refractivity contribution >= 4 is 29.0 Å². The van der Waals surface area contributed by atoms with Crippen LogP contribution in [0.4, 0.5) is 5.69 Å². The lowest BCUT2D eigenvalue weighted by atomic mass is 9.95. The van der Waals surface area contributed by atoms with Crippen molar-refractivity contribution in [2.75, 3.05) is 18.4 Å². The van der Waals surface area contributed by atoms with E-state index in [1.807, 2.05) is 18.2 Å². The summed E-state index contributed by atoms with van der Waals surface area (Å²) in [6.07, 6.45) is 1.81. The van der Waals surface area contributed by atoms with Gasteiger partial charge in [0, 0.05) is 29.2 Å². The van der Waals surface area contributed by atoms with Crippen LogP contribution in [0.2, 0.25) is 5.02 Å². The molecule has 1 saturated heterocycles. The number of nitrogens with one attached hydrogen (secondary N) is 1. The zero-order valence-corrected chi connectivity index (χ0v) is 18.9. The van der Waals surface area contributed by atoms with E-state index >= 15 is 0 Å². The van der Waals surface area contributed by atoms with Gasteiger partial charge in [0.25, 0.3) is 0 Å². The van der Waals surface area contributed by atoms with E-state index in [1.165, 1.54) is 11.1 Å². The SMILES string of the molecule is Cc1ccc(CN2CCCC(C(=O)Nc3ccc(Cl)cc3C(=O)c3ccccc3)C2)cc1. The number of carbonyl (C=O) groups excluding carboxylic acids is 2. The highest BCUT2D eigenvalue weighted by Gasteiger charge is 2.27. The van der Waals surface area contributed by atoms with Gasteiger partial charge in [-0.15, -0.1) is 0 Å². The summed E-state index contributed by atoms with van der Waals surface area (Å²) in [4.78, 5) is 28.5. The van der Waals surface area contributed by atoms with Crippen LogP contribution in [0.25, 0.3) is 0 Å². The Labute approximate surface area is 194 Å². The minimum absolute atomic E-state index is 0.0527. The van der Waals surface area contributed by atoms with Crippen molar-refractivity contribution in [2.45, 2.75) is 26.3 Å². The van der Waals surface area contributed by atoms with E-state index in [2.05, 4.69) is 41.4 Å². The van der Waals surface area contributed by atoms with Gasteiger partial charge in [-0.25, -0.2) is 0 Å². The van der Waals surface area contributed by atoms with Gasteiger partial charge >= 0.3 is 0 Å². The first-order chi connectivity index (χ1) is 15.5. The lowest BCUT2D eigenvalue weighted by Gasteiger charge is -2.32. The summed E-state index contributed by atoms with van der Waals surface area (Å²) in [6, 6.07) is 22.6. The molecule has 1 amide bonds. The van der Waals surface area contributed by atoms with Crippen LogP contribution in [0.15, 0.2) is 72.8 Å². The smallest absolute Gasteiger partial charge is 0.228 e. The highest BCUT2D eigenvalue weighted by Crippen LogP contribution is 2.26. The molecular weight excluding hydrogens is 420 g/mol. The number of halogens is 1. The summed E-state index contributed by atoms with van der Waals surface area (Å²) in [5.41, 5.74) is 3.97. The first-order valence-electron chi connectivity index (χ1n) is 11.0. The summed E-state index contributed by atoms with van der Waals surface area (Å²) >= 11 is 6.17. The Balaban J connectivity index is 1.46. The number of amides is 1. The van der Waals surface area contributed by atoms with Gasteiger partial charge in [0.1, 0.15) is 0 Å². The molecule has 4 nitrogen and oxygen atoms in total. The van der Waals surface area contributed by atoms with Crippen LogP contribution in [-0.4, -0.2) is 29.7 Å². The van der Waals surface area contributed by atoms with E-state index in [1.54, 1.807) is 30.3 Å². The fourth-order valence-electron chi connectivity index (χ4n) is 4.16. The van der Waals surface area contributed by atoms with Crippen molar-refractivity contribution in [2.24, 2.45) is 5.92 Å². The Morgan fingerprint density at radius 2 is 1.78 bits per heavy atom.